The summed E-state index contributed by atoms with van der Waals surface area (Å²) in [5, 5.41) is 3.63. The number of hydrogen-bond acceptors (Lipinski definition) is 3. The normalized spacial score (nSPS) is 27.1. The van der Waals surface area contributed by atoms with Gasteiger partial charge in [-0.1, -0.05) is 38.0 Å². The van der Waals surface area contributed by atoms with Crippen molar-refractivity contribution in [3.63, 3.8) is 0 Å². The van der Waals surface area contributed by atoms with Crippen molar-refractivity contribution in [1.82, 2.24) is 5.32 Å². The van der Waals surface area contributed by atoms with Gasteiger partial charge in [-0.3, -0.25) is 0 Å². The highest BCUT2D eigenvalue weighted by atomic mass is 32.2. The van der Waals surface area contributed by atoms with Crippen LogP contribution in [0.2, 0.25) is 0 Å². The Labute approximate surface area is 121 Å². The first-order valence-corrected chi connectivity index (χ1v) is 9.21. The van der Waals surface area contributed by atoms with Gasteiger partial charge in [0.05, 0.1) is 10.6 Å². The van der Waals surface area contributed by atoms with Crippen molar-refractivity contribution in [1.29, 1.82) is 0 Å². The number of rotatable bonds is 3. The van der Waals surface area contributed by atoms with Crippen molar-refractivity contribution in [2.45, 2.75) is 50.0 Å². The minimum absolute atomic E-state index is 0.187. The molecule has 1 fully saturated rings. The predicted octanol–water partition coefficient (Wildman–Crippen LogP) is 3.08. The van der Waals surface area contributed by atoms with Crippen LogP contribution in [0.25, 0.3) is 0 Å². The molecule has 0 amide bonds. The van der Waals surface area contributed by atoms with E-state index in [2.05, 4.69) is 12.2 Å². The summed E-state index contributed by atoms with van der Waals surface area (Å²) in [5.74, 6) is 0.262. The zero-order valence-corrected chi connectivity index (χ0v) is 12.9. The predicted molar refractivity (Wildman–Crippen MR) is 80.4 cm³/mol. The molecule has 1 atom stereocenters. The Morgan fingerprint density at radius 2 is 1.95 bits per heavy atom. The zero-order valence-electron chi connectivity index (χ0n) is 12.1. The van der Waals surface area contributed by atoms with Crippen molar-refractivity contribution in [3.8, 4) is 0 Å². The summed E-state index contributed by atoms with van der Waals surface area (Å²) in [5.41, 5.74) is 1.35. The van der Waals surface area contributed by atoms with Crippen LogP contribution in [0.3, 0.4) is 0 Å². The molecular weight excluding hydrogens is 270 g/mol. The fourth-order valence-corrected chi connectivity index (χ4v) is 5.20. The molecule has 1 saturated carbocycles. The van der Waals surface area contributed by atoms with Gasteiger partial charge < -0.3 is 5.32 Å². The first-order chi connectivity index (χ1) is 9.50. The van der Waals surface area contributed by atoms with E-state index in [9.17, 15) is 8.42 Å². The van der Waals surface area contributed by atoms with Crippen LogP contribution in [0.4, 0.5) is 0 Å². The van der Waals surface area contributed by atoms with Crippen molar-refractivity contribution < 1.29 is 8.42 Å². The Balaban J connectivity index is 1.78. The lowest BCUT2D eigenvalue weighted by atomic mass is 9.88. The topological polar surface area (TPSA) is 46.2 Å². The maximum Gasteiger partial charge on any atom is 0.178 e. The lowest BCUT2D eigenvalue weighted by Gasteiger charge is -2.31. The largest absolute Gasteiger partial charge is 0.309 e. The molecule has 1 N–H and O–H groups in total. The average Bonchev–Trinajstić information content (AvgIpc) is 2.86. The summed E-state index contributed by atoms with van der Waals surface area (Å²) in [6, 6.07) is 7.64. The molecule has 110 valence electrons. The maximum atomic E-state index is 12.1. The van der Waals surface area contributed by atoms with Crippen LogP contribution >= 0.6 is 0 Å². The third kappa shape index (κ3) is 2.63. The van der Waals surface area contributed by atoms with E-state index < -0.39 is 9.84 Å². The second-order valence-electron chi connectivity index (χ2n) is 6.60. The molecule has 1 aromatic carbocycles. The van der Waals surface area contributed by atoms with Crippen molar-refractivity contribution >= 4 is 9.84 Å². The van der Waals surface area contributed by atoms with Crippen molar-refractivity contribution in [2.75, 3.05) is 12.3 Å². The number of benzene rings is 1. The molecule has 0 spiro atoms. The molecule has 0 aromatic heterocycles. The van der Waals surface area contributed by atoms with E-state index in [1.54, 1.807) is 6.07 Å². The van der Waals surface area contributed by atoms with E-state index in [1.165, 1.54) is 25.7 Å². The Morgan fingerprint density at radius 1 is 1.25 bits per heavy atom. The van der Waals surface area contributed by atoms with E-state index in [4.69, 9.17) is 0 Å². The van der Waals surface area contributed by atoms with Crippen LogP contribution in [-0.2, 0) is 9.84 Å². The number of hydrogen-bond donors (Lipinski definition) is 1. The number of fused-ring (bicyclic) bond motifs is 1. The molecule has 1 heterocycles. The Morgan fingerprint density at radius 3 is 2.70 bits per heavy atom. The van der Waals surface area contributed by atoms with Crippen LogP contribution in [0.15, 0.2) is 29.2 Å². The van der Waals surface area contributed by atoms with E-state index in [0.29, 0.717) is 16.7 Å². The zero-order chi connectivity index (χ0) is 14.2. The van der Waals surface area contributed by atoms with Gasteiger partial charge in [-0.05, 0) is 36.3 Å². The molecule has 1 aromatic rings. The summed E-state index contributed by atoms with van der Waals surface area (Å²) in [7, 11) is -3.07. The fourth-order valence-electron chi connectivity index (χ4n) is 3.58. The second kappa shape index (κ2) is 5.15. The van der Waals surface area contributed by atoms with Crippen molar-refractivity contribution in [3.05, 3.63) is 29.8 Å². The summed E-state index contributed by atoms with van der Waals surface area (Å²) in [6.45, 7) is 3.34. The lowest BCUT2D eigenvalue weighted by molar-refractivity contribution is 0.293. The molecule has 3 nitrogen and oxygen atoms in total. The second-order valence-corrected chi connectivity index (χ2v) is 8.67. The molecule has 0 bridgehead atoms. The van der Waals surface area contributed by atoms with Gasteiger partial charge in [-0.2, -0.15) is 0 Å². The summed E-state index contributed by atoms with van der Waals surface area (Å²) in [4.78, 5) is 0.528. The van der Waals surface area contributed by atoms with Crippen LogP contribution in [0, 0.1) is 5.41 Å². The van der Waals surface area contributed by atoms with E-state index in [1.807, 2.05) is 18.2 Å². The van der Waals surface area contributed by atoms with Crippen LogP contribution in [-0.4, -0.2) is 20.7 Å². The fraction of sp³-hybridized carbons (Fsp3) is 0.625. The van der Waals surface area contributed by atoms with Gasteiger partial charge in [-0.25, -0.2) is 8.42 Å². The van der Waals surface area contributed by atoms with Crippen molar-refractivity contribution in [2.24, 2.45) is 5.41 Å². The molecule has 0 radical (unpaired) electrons. The molecular formula is C16H23NO2S. The van der Waals surface area contributed by atoms with Gasteiger partial charge in [0.1, 0.15) is 0 Å². The molecule has 3 rings (SSSR count). The van der Waals surface area contributed by atoms with Crippen LogP contribution in [0.1, 0.15) is 50.6 Å². The van der Waals surface area contributed by atoms with Crippen LogP contribution < -0.4 is 5.32 Å². The smallest absolute Gasteiger partial charge is 0.178 e. The van der Waals surface area contributed by atoms with Crippen LogP contribution in [0.5, 0.6) is 0 Å². The molecule has 2 aliphatic rings. The SMILES string of the molecule is CC1(CNC2CCS(=O)(=O)c3ccccc32)CCCC1. The molecule has 4 heteroatoms. The number of sulfone groups is 1. The van der Waals surface area contributed by atoms with Gasteiger partial charge in [-0.15, -0.1) is 0 Å². The molecule has 0 saturated heterocycles. The standard InChI is InChI=1S/C16H23NO2S/c1-16(9-4-5-10-16)12-17-14-8-11-20(18,19)15-7-3-2-6-13(14)15/h2-3,6-7,14,17H,4-5,8-12H2,1H3. The lowest BCUT2D eigenvalue weighted by Crippen LogP contribution is -2.36. The monoisotopic (exact) mass is 293 g/mol. The van der Waals surface area contributed by atoms with Gasteiger partial charge in [0.2, 0.25) is 0 Å². The Bertz CT molecular complexity index is 588. The first kappa shape index (κ1) is 14.1. The molecule has 1 aliphatic heterocycles. The molecule has 20 heavy (non-hydrogen) atoms. The Hall–Kier alpha value is -0.870. The molecule has 1 aliphatic carbocycles. The third-order valence-electron chi connectivity index (χ3n) is 4.89. The summed E-state index contributed by atoms with van der Waals surface area (Å²) >= 11 is 0. The van der Waals surface area contributed by atoms with E-state index >= 15 is 0 Å². The Kier molecular flexibility index (Phi) is 3.63. The summed E-state index contributed by atoms with van der Waals surface area (Å²) < 4.78 is 24.2. The minimum atomic E-state index is -3.07. The number of nitrogens with one attached hydrogen (secondary N) is 1. The van der Waals surface area contributed by atoms with Gasteiger partial charge in [0.25, 0.3) is 0 Å². The molecule has 1 unspecified atom stereocenters. The highest BCUT2D eigenvalue weighted by Gasteiger charge is 2.33. The summed E-state index contributed by atoms with van der Waals surface area (Å²) in [6.07, 6.45) is 5.91. The van der Waals surface area contributed by atoms with Gasteiger partial charge in [0.15, 0.2) is 9.84 Å². The highest BCUT2D eigenvalue weighted by Crippen LogP contribution is 2.38. The van der Waals surface area contributed by atoms with Gasteiger partial charge in [0, 0.05) is 12.6 Å². The maximum absolute atomic E-state index is 12.1. The van der Waals surface area contributed by atoms with Gasteiger partial charge >= 0.3 is 0 Å². The first-order valence-electron chi connectivity index (χ1n) is 7.55. The van der Waals surface area contributed by atoms with E-state index in [-0.39, 0.29) is 11.8 Å². The van der Waals surface area contributed by atoms with E-state index in [0.717, 1.165) is 12.1 Å². The highest BCUT2D eigenvalue weighted by molar-refractivity contribution is 7.91. The third-order valence-corrected chi connectivity index (χ3v) is 6.71. The minimum Gasteiger partial charge on any atom is -0.309 e. The average molecular weight is 293 g/mol. The quantitative estimate of drug-likeness (QED) is 0.931.